The lowest BCUT2D eigenvalue weighted by molar-refractivity contribution is 0.0626. The van der Waals surface area contributed by atoms with E-state index in [0.29, 0.717) is 34.3 Å². The van der Waals surface area contributed by atoms with E-state index < -0.39 is 0 Å². The fourth-order valence-corrected chi connectivity index (χ4v) is 3.34. The number of pyridine rings is 2. The number of nitrogens with one attached hydrogen (secondary N) is 1. The van der Waals surface area contributed by atoms with Crippen molar-refractivity contribution < 1.29 is 9.90 Å². The first-order valence-corrected chi connectivity index (χ1v) is 9.33. The molecule has 4 rings (SSSR count). The van der Waals surface area contributed by atoms with E-state index in [9.17, 15) is 9.90 Å². The number of aliphatic hydroxyl groups excluding tert-OH is 1. The van der Waals surface area contributed by atoms with Gasteiger partial charge in [-0.05, 0) is 37.3 Å². The van der Waals surface area contributed by atoms with Gasteiger partial charge in [0.2, 0.25) is 0 Å². The first-order valence-electron chi connectivity index (χ1n) is 8.95. The van der Waals surface area contributed by atoms with Crippen LogP contribution < -0.4 is 5.32 Å². The van der Waals surface area contributed by atoms with E-state index in [-0.39, 0.29) is 18.6 Å². The van der Waals surface area contributed by atoms with Crippen molar-refractivity contribution in [2.75, 3.05) is 18.6 Å². The predicted molar refractivity (Wildman–Crippen MR) is 109 cm³/mol. The predicted octanol–water partition coefficient (Wildman–Crippen LogP) is 3.67. The molecule has 0 bridgehead atoms. The maximum absolute atomic E-state index is 13.1. The van der Waals surface area contributed by atoms with Crippen molar-refractivity contribution in [1.29, 1.82) is 0 Å². The molecule has 0 fully saturated rings. The zero-order chi connectivity index (χ0) is 19.7. The summed E-state index contributed by atoms with van der Waals surface area (Å²) in [5.74, 6) is -0.141. The molecule has 2 aromatic heterocycles. The Morgan fingerprint density at radius 2 is 2.04 bits per heavy atom. The number of hydrogen-bond acceptors (Lipinski definition) is 5. The van der Waals surface area contributed by atoms with E-state index in [1.54, 1.807) is 35.5 Å². The van der Waals surface area contributed by atoms with Gasteiger partial charge in [-0.15, -0.1) is 0 Å². The second-order valence-corrected chi connectivity index (χ2v) is 7.11. The zero-order valence-electron chi connectivity index (χ0n) is 15.3. The smallest absolute Gasteiger partial charge is 0.257 e. The molecule has 2 N–H and O–H groups in total. The summed E-state index contributed by atoms with van der Waals surface area (Å²) in [6.45, 7) is 2.02. The number of carbonyl (C=O) groups excluding carboxylic acids is 1. The summed E-state index contributed by atoms with van der Waals surface area (Å²) in [6.07, 6.45) is 3.42. The van der Waals surface area contributed by atoms with Crippen molar-refractivity contribution in [3.05, 3.63) is 65.4 Å². The van der Waals surface area contributed by atoms with Gasteiger partial charge in [0.15, 0.2) is 0 Å². The second-order valence-electron chi connectivity index (χ2n) is 6.67. The number of halogens is 1. The van der Waals surface area contributed by atoms with Gasteiger partial charge in [0, 0.05) is 28.5 Å². The molecule has 3 aromatic rings. The minimum absolute atomic E-state index is 0.104. The Hall–Kier alpha value is -2.96. The van der Waals surface area contributed by atoms with Crippen LogP contribution >= 0.6 is 11.6 Å². The van der Waals surface area contributed by atoms with Gasteiger partial charge in [0.05, 0.1) is 42.0 Å². The van der Waals surface area contributed by atoms with E-state index in [1.807, 2.05) is 31.2 Å². The van der Waals surface area contributed by atoms with E-state index in [2.05, 4.69) is 10.3 Å². The van der Waals surface area contributed by atoms with Crippen molar-refractivity contribution in [3.63, 3.8) is 0 Å². The summed E-state index contributed by atoms with van der Waals surface area (Å²) in [5.41, 5.74) is 4.21. The maximum Gasteiger partial charge on any atom is 0.257 e. The number of fused-ring (bicyclic) bond motifs is 1. The van der Waals surface area contributed by atoms with Crippen molar-refractivity contribution >= 4 is 23.2 Å². The van der Waals surface area contributed by atoms with Gasteiger partial charge in [-0.1, -0.05) is 23.7 Å². The number of carbonyl (C=O) groups is 1. The lowest BCUT2D eigenvalue weighted by atomic mass is 10.0. The molecule has 0 saturated carbocycles. The van der Waals surface area contributed by atoms with E-state index >= 15 is 0 Å². The normalized spacial score (nSPS) is 14.4. The van der Waals surface area contributed by atoms with Crippen LogP contribution in [0.4, 0.5) is 5.69 Å². The van der Waals surface area contributed by atoms with E-state index in [0.717, 1.165) is 11.1 Å². The lowest BCUT2D eigenvalue weighted by Crippen LogP contribution is -2.47. The van der Waals surface area contributed by atoms with Crippen LogP contribution in [-0.2, 0) is 0 Å². The number of amides is 1. The molecule has 3 heterocycles. The van der Waals surface area contributed by atoms with Gasteiger partial charge in [-0.3, -0.25) is 9.78 Å². The number of aromatic nitrogens is 2. The van der Waals surface area contributed by atoms with E-state index in [4.69, 9.17) is 16.6 Å². The Labute approximate surface area is 167 Å². The quantitative estimate of drug-likeness (QED) is 0.705. The van der Waals surface area contributed by atoms with Crippen LogP contribution in [-0.4, -0.2) is 45.2 Å². The molecule has 142 valence electrons. The van der Waals surface area contributed by atoms with Gasteiger partial charge >= 0.3 is 0 Å². The highest BCUT2D eigenvalue weighted by Gasteiger charge is 2.30. The average molecular weight is 395 g/mol. The minimum atomic E-state index is -0.290. The first-order chi connectivity index (χ1) is 13.6. The Morgan fingerprint density at radius 3 is 2.71 bits per heavy atom. The Morgan fingerprint density at radius 1 is 1.25 bits per heavy atom. The van der Waals surface area contributed by atoms with Crippen molar-refractivity contribution in [1.82, 2.24) is 14.9 Å². The number of benzene rings is 1. The Kier molecular flexibility index (Phi) is 4.98. The largest absolute Gasteiger partial charge is 0.394 e. The summed E-state index contributed by atoms with van der Waals surface area (Å²) in [7, 11) is 0. The van der Waals surface area contributed by atoms with Gasteiger partial charge in [-0.2, -0.15) is 0 Å². The van der Waals surface area contributed by atoms with Crippen molar-refractivity contribution in [3.8, 4) is 22.5 Å². The molecule has 1 aliphatic heterocycles. The highest BCUT2D eigenvalue weighted by Crippen LogP contribution is 2.36. The van der Waals surface area contributed by atoms with Gasteiger partial charge < -0.3 is 15.3 Å². The van der Waals surface area contributed by atoms with Crippen LogP contribution in [0.5, 0.6) is 0 Å². The third kappa shape index (κ3) is 3.32. The molecular weight excluding hydrogens is 376 g/mol. The fraction of sp³-hybridized carbons (Fsp3) is 0.190. The molecule has 1 aliphatic rings. The van der Waals surface area contributed by atoms with Gasteiger partial charge in [-0.25, -0.2) is 4.98 Å². The standard InChI is InChI=1S/C21H19ClN4O2/c1-13(11-27)26-12-24-20-17(21(26)28)9-18(14-4-6-16(22)7-5-14)25-19(20)15-3-2-8-23-10-15/h2-10,13,24,27H,11-12H2,1H3. The third-order valence-corrected chi connectivity index (χ3v) is 5.06. The zero-order valence-corrected chi connectivity index (χ0v) is 16.0. The summed E-state index contributed by atoms with van der Waals surface area (Å²) >= 11 is 6.01. The number of rotatable bonds is 4. The highest BCUT2D eigenvalue weighted by molar-refractivity contribution is 6.30. The molecule has 1 amide bonds. The minimum Gasteiger partial charge on any atom is -0.394 e. The summed E-state index contributed by atoms with van der Waals surface area (Å²) in [6, 6.07) is 12.6. The Bertz CT molecular complexity index is 1010. The maximum atomic E-state index is 13.1. The fourth-order valence-electron chi connectivity index (χ4n) is 3.22. The van der Waals surface area contributed by atoms with Crippen LogP contribution in [0, 0.1) is 0 Å². The SMILES string of the molecule is CC(CO)N1CNc2c(cc(-c3ccc(Cl)cc3)nc2-c2cccnc2)C1=O. The summed E-state index contributed by atoms with van der Waals surface area (Å²) in [5, 5.41) is 13.4. The monoisotopic (exact) mass is 394 g/mol. The van der Waals surface area contributed by atoms with Crippen LogP contribution in [0.25, 0.3) is 22.5 Å². The summed E-state index contributed by atoms with van der Waals surface area (Å²) in [4.78, 5) is 23.8. The molecule has 28 heavy (non-hydrogen) atoms. The molecule has 0 saturated heterocycles. The first kappa shape index (κ1) is 18.4. The molecule has 7 heteroatoms. The molecule has 1 atom stereocenters. The number of nitrogens with zero attached hydrogens (tertiary/aromatic N) is 3. The summed E-state index contributed by atoms with van der Waals surface area (Å²) < 4.78 is 0. The molecule has 1 unspecified atom stereocenters. The number of hydrogen-bond donors (Lipinski definition) is 2. The molecule has 0 aliphatic carbocycles. The van der Waals surface area contributed by atoms with Gasteiger partial charge in [0.1, 0.15) is 0 Å². The molecule has 1 aromatic carbocycles. The van der Waals surface area contributed by atoms with Crippen molar-refractivity contribution in [2.24, 2.45) is 0 Å². The molecule has 6 nitrogen and oxygen atoms in total. The molecule has 0 spiro atoms. The van der Waals surface area contributed by atoms with Crippen LogP contribution in [0.15, 0.2) is 54.9 Å². The molecule has 0 radical (unpaired) electrons. The molecular formula is C21H19ClN4O2. The number of aliphatic hydroxyl groups is 1. The van der Waals surface area contributed by atoms with Crippen molar-refractivity contribution in [2.45, 2.75) is 13.0 Å². The van der Waals surface area contributed by atoms with Crippen LogP contribution in [0.2, 0.25) is 5.02 Å². The highest BCUT2D eigenvalue weighted by atomic mass is 35.5. The van der Waals surface area contributed by atoms with Crippen LogP contribution in [0.1, 0.15) is 17.3 Å². The van der Waals surface area contributed by atoms with Crippen LogP contribution in [0.3, 0.4) is 0 Å². The second kappa shape index (κ2) is 7.58. The topological polar surface area (TPSA) is 78.3 Å². The number of anilines is 1. The van der Waals surface area contributed by atoms with Gasteiger partial charge in [0.25, 0.3) is 5.91 Å². The van der Waals surface area contributed by atoms with E-state index in [1.165, 1.54) is 0 Å². The third-order valence-electron chi connectivity index (χ3n) is 4.81. The Balaban J connectivity index is 1.90. The lowest BCUT2D eigenvalue weighted by Gasteiger charge is -2.34. The average Bonchev–Trinajstić information content (AvgIpc) is 2.74.